The van der Waals surface area contributed by atoms with Crippen LogP contribution in [0.2, 0.25) is 0 Å². The Bertz CT molecular complexity index is 373. The van der Waals surface area contributed by atoms with Crippen LogP contribution < -0.4 is 10.1 Å². The Hall–Kier alpha value is -1.06. The minimum absolute atomic E-state index is 0.124. The SMILES string of the molecule is COc1cccc(CNCC2(CO)CCCC2)c1. The number of hydrogen-bond donors (Lipinski definition) is 2. The van der Waals surface area contributed by atoms with Crippen LogP contribution in [-0.4, -0.2) is 25.4 Å². The Kier molecular flexibility index (Phi) is 4.61. The quantitative estimate of drug-likeness (QED) is 0.813. The van der Waals surface area contributed by atoms with E-state index in [0.717, 1.165) is 31.7 Å². The van der Waals surface area contributed by atoms with E-state index in [2.05, 4.69) is 11.4 Å². The van der Waals surface area contributed by atoms with Crippen molar-refractivity contribution in [1.29, 1.82) is 0 Å². The molecule has 3 heteroatoms. The van der Waals surface area contributed by atoms with Gasteiger partial charge in [-0.05, 0) is 30.5 Å². The molecule has 0 spiro atoms. The van der Waals surface area contributed by atoms with Gasteiger partial charge in [-0.3, -0.25) is 0 Å². The van der Waals surface area contributed by atoms with E-state index in [1.807, 2.05) is 18.2 Å². The van der Waals surface area contributed by atoms with E-state index >= 15 is 0 Å². The molecule has 1 aromatic carbocycles. The second kappa shape index (κ2) is 6.21. The molecule has 0 aromatic heterocycles. The van der Waals surface area contributed by atoms with Crippen molar-refractivity contribution in [1.82, 2.24) is 5.32 Å². The van der Waals surface area contributed by atoms with Crippen LogP contribution in [0.25, 0.3) is 0 Å². The molecule has 100 valence electrons. The molecule has 1 fully saturated rings. The van der Waals surface area contributed by atoms with E-state index < -0.39 is 0 Å². The zero-order valence-electron chi connectivity index (χ0n) is 11.1. The van der Waals surface area contributed by atoms with Gasteiger partial charge < -0.3 is 15.2 Å². The van der Waals surface area contributed by atoms with Crippen molar-refractivity contribution in [3.8, 4) is 5.75 Å². The maximum Gasteiger partial charge on any atom is 0.119 e. The lowest BCUT2D eigenvalue weighted by Crippen LogP contribution is -2.34. The highest BCUT2D eigenvalue weighted by atomic mass is 16.5. The van der Waals surface area contributed by atoms with Crippen LogP contribution in [-0.2, 0) is 6.54 Å². The first kappa shape index (κ1) is 13.4. The predicted molar refractivity (Wildman–Crippen MR) is 72.7 cm³/mol. The van der Waals surface area contributed by atoms with Gasteiger partial charge in [-0.1, -0.05) is 25.0 Å². The van der Waals surface area contributed by atoms with E-state index in [1.54, 1.807) is 7.11 Å². The van der Waals surface area contributed by atoms with Gasteiger partial charge in [0.1, 0.15) is 5.75 Å². The van der Waals surface area contributed by atoms with Gasteiger partial charge in [-0.15, -0.1) is 0 Å². The molecule has 2 N–H and O–H groups in total. The number of nitrogens with one attached hydrogen (secondary N) is 1. The molecule has 1 aliphatic rings. The molecule has 0 radical (unpaired) electrons. The molecule has 0 heterocycles. The predicted octanol–water partition coefficient (Wildman–Crippen LogP) is 2.34. The van der Waals surface area contributed by atoms with Gasteiger partial charge in [0, 0.05) is 25.1 Å². The number of methoxy groups -OCH3 is 1. The van der Waals surface area contributed by atoms with Crippen molar-refractivity contribution in [2.45, 2.75) is 32.2 Å². The molecule has 0 amide bonds. The Morgan fingerprint density at radius 3 is 2.78 bits per heavy atom. The van der Waals surface area contributed by atoms with Crippen LogP contribution in [0.5, 0.6) is 5.75 Å². The van der Waals surface area contributed by atoms with Crippen LogP contribution in [0.4, 0.5) is 0 Å². The normalized spacial score (nSPS) is 17.9. The third kappa shape index (κ3) is 3.24. The van der Waals surface area contributed by atoms with E-state index in [9.17, 15) is 5.11 Å². The molecule has 1 saturated carbocycles. The topological polar surface area (TPSA) is 41.5 Å². The smallest absolute Gasteiger partial charge is 0.119 e. The summed E-state index contributed by atoms with van der Waals surface area (Å²) >= 11 is 0. The zero-order chi connectivity index (χ0) is 12.8. The summed E-state index contributed by atoms with van der Waals surface area (Å²) in [6.07, 6.45) is 4.80. The van der Waals surface area contributed by atoms with Gasteiger partial charge in [0.2, 0.25) is 0 Å². The van der Waals surface area contributed by atoms with E-state index in [-0.39, 0.29) is 5.41 Å². The van der Waals surface area contributed by atoms with Crippen molar-refractivity contribution in [3.05, 3.63) is 29.8 Å². The average molecular weight is 249 g/mol. The fourth-order valence-corrected chi connectivity index (χ4v) is 2.77. The largest absolute Gasteiger partial charge is 0.497 e. The summed E-state index contributed by atoms with van der Waals surface area (Å²) in [4.78, 5) is 0. The monoisotopic (exact) mass is 249 g/mol. The van der Waals surface area contributed by atoms with E-state index in [1.165, 1.54) is 18.4 Å². The fraction of sp³-hybridized carbons (Fsp3) is 0.600. The highest BCUT2D eigenvalue weighted by molar-refractivity contribution is 5.28. The molecule has 3 nitrogen and oxygen atoms in total. The molecule has 1 aromatic rings. The van der Waals surface area contributed by atoms with Crippen LogP contribution in [0, 0.1) is 5.41 Å². The zero-order valence-corrected chi connectivity index (χ0v) is 11.1. The summed E-state index contributed by atoms with van der Waals surface area (Å²) in [6, 6.07) is 8.10. The van der Waals surface area contributed by atoms with E-state index in [4.69, 9.17) is 4.74 Å². The Labute approximate surface area is 109 Å². The highest BCUT2D eigenvalue weighted by Gasteiger charge is 2.32. The first-order chi connectivity index (χ1) is 8.78. The molecule has 2 rings (SSSR count). The molecule has 0 bridgehead atoms. The van der Waals surface area contributed by atoms with Gasteiger partial charge in [0.05, 0.1) is 7.11 Å². The number of ether oxygens (including phenoxy) is 1. The van der Waals surface area contributed by atoms with Gasteiger partial charge in [-0.25, -0.2) is 0 Å². The summed E-state index contributed by atoms with van der Waals surface area (Å²) in [5, 5.41) is 13.0. The minimum atomic E-state index is 0.124. The second-order valence-electron chi connectivity index (χ2n) is 5.32. The van der Waals surface area contributed by atoms with Gasteiger partial charge in [-0.2, -0.15) is 0 Å². The molecule has 0 aliphatic heterocycles. The summed E-state index contributed by atoms with van der Waals surface area (Å²) in [5.74, 6) is 0.895. The van der Waals surface area contributed by atoms with E-state index in [0.29, 0.717) is 6.61 Å². The van der Waals surface area contributed by atoms with Crippen molar-refractivity contribution in [2.24, 2.45) is 5.41 Å². The van der Waals surface area contributed by atoms with Crippen molar-refractivity contribution < 1.29 is 9.84 Å². The highest BCUT2D eigenvalue weighted by Crippen LogP contribution is 2.36. The molecule has 0 atom stereocenters. The fourth-order valence-electron chi connectivity index (χ4n) is 2.77. The molecule has 0 saturated heterocycles. The van der Waals surface area contributed by atoms with Crippen molar-refractivity contribution in [2.75, 3.05) is 20.3 Å². The van der Waals surface area contributed by atoms with Crippen LogP contribution in [0.1, 0.15) is 31.2 Å². The molecule has 0 unspecified atom stereocenters. The number of rotatable bonds is 6. The Morgan fingerprint density at radius 1 is 1.33 bits per heavy atom. The van der Waals surface area contributed by atoms with Gasteiger partial charge >= 0.3 is 0 Å². The minimum Gasteiger partial charge on any atom is -0.497 e. The lowest BCUT2D eigenvalue weighted by Gasteiger charge is -2.26. The first-order valence-electron chi connectivity index (χ1n) is 6.72. The third-order valence-electron chi connectivity index (χ3n) is 3.96. The number of benzene rings is 1. The van der Waals surface area contributed by atoms with Crippen molar-refractivity contribution in [3.63, 3.8) is 0 Å². The second-order valence-corrected chi connectivity index (χ2v) is 5.32. The standard InChI is InChI=1S/C15H23NO2/c1-18-14-6-4-5-13(9-14)10-16-11-15(12-17)7-2-3-8-15/h4-6,9,16-17H,2-3,7-8,10-12H2,1H3. The lowest BCUT2D eigenvalue weighted by atomic mass is 9.87. The number of aliphatic hydroxyl groups is 1. The van der Waals surface area contributed by atoms with Crippen molar-refractivity contribution >= 4 is 0 Å². The average Bonchev–Trinajstić information content (AvgIpc) is 2.88. The van der Waals surface area contributed by atoms with Crippen LogP contribution in [0.15, 0.2) is 24.3 Å². The van der Waals surface area contributed by atoms with Crippen LogP contribution in [0.3, 0.4) is 0 Å². The van der Waals surface area contributed by atoms with Gasteiger partial charge in [0.15, 0.2) is 0 Å². The number of hydrogen-bond acceptors (Lipinski definition) is 3. The maximum atomic E-state index is 9.54. The Balaban J connectivity index is 1.84. The number of aliphatic hydroxyl groups excluding tert-OH is 1. The molecular weight excluding hydrogens is 226 g/mol. The summed E-state index contributed by atoms with van der Waals surface area (Å²) in [5.41, 5.74) is 1.35. The molecular formula is C15H23NO2. The summed E-state index contributed by atoms with van der Waals surface area (Å²) in [6.45, 7) is 2.04. The van der Waals surface area contributed by atoms with Gasteiger partial charge in [0.25, 0.3) is 0 Å². The maximum absolute atomic E-state index is 9.54. The molecule has 18 heavy (non-hydrogen) atoms. The summed E-state index contributed by atoms with van der Waals surface area (Å²) in [7, 11) is 1.69. The lowest BCUT2D eigenvalue weighted by molar-refractivity contribution is 0.128. The third-order valence-corrected chi connectivity index (χ3v) is 3.96. The Morgan fingerprint density at radius 2 is 2.11 bits per heavy atom. The molecule has 1 aliphatic carbocycles. The van der Waals surface area contributed by atoms with Crippen LogP contribution >= 0.6 is 0 Å². The summed E-state index contributed by atoms with van der Waals surface area (Å²) < 4.78 is 5.21. The first-order valence-corrected chi connectivity index (χ1v) is 6.72.